The van der Waals surface area contributed by atoms with Crippen molar-refractivity contribution in [1.29, 1.82) is 0 Å². The average molecular weight is 285 g/mol. The minimum atomic E-state index is -3.85. The van der Waals surface area contributed by atoms with Gasteiger partial charge < -0.3 is 0 Å². The maximum atomic E-state index is 13.6. The minimum Gasteiger partial charge on any atom is -0.299 e. The monoisotopic (exact) mass is 285 g/mol. The molecule has 4 nitrogen and oxygen atoms in total. The molecule has 0 spiro atoms. The molecule has 0 N–H and O–H groups in total. The molecule has 1 aliphatic rings. The summed E-state index contributed by atoms with van der Waals surface area (Å²) >= 11 is 0. The largest absolute Gasteiger partial charge is 0.299 e. The highest BCUT2D eigenvalue weighted by Gasteiger charge is 2.34. The van der Waals surface area contributed by atoms with E-state index in [-0.39, 0.29) is 36.1 Å². The first-order valence-electron chi connectivity index (χ1n) is 6.24. The van der Waals surface area contributed by atoms with E-state index in [9.17, 15) is 17.6 Å². The smallest absolute Gasteiger partial charge is 0.246 e. The Morgan fingerprint density at radius 3 is 2.68 bits per heavy atom. The Morgan fingerprint density at radius 1 is 1.37 bits per heavy atom. The number of hydrogen-bond donors (Lipinski definition) is 0. The van der Waals surface area contributed by atoms with E-state index in [1.807, 2.05) is 6.92 Å². The van der Waals surface area contributed by atoms with Crippen LogP contribution in [0, 0.1) is 11.7 Å². The fourth-order valence-corrected chi connectivity index (χ4v) is 3.80. The van der Waals surface area contributed by atoms with Gasteiger partial charge in [0.25, 0.3) is 0 Å². The number of sulfonamides is 1. The first kappa shape index (κ1) is 14.1. The van der Waals surface area contributed by atoms with E-state index in [1.165, 1.54) is 22.5 Å². The van der Waals surface area contributed by atoms with Crippen LogP contribution in [0.1, 0.15) is 19.8 Å². The van der Waals surface area contributed by atoms with Gasteiger partial charge in [-0.15, -0.1) is 0 Å². The molecule has 1 fully saturated rings. The molecule has 1 unspecified atom stereocenters. The van der Waals surface area contributed by atoms with Crippen molar-refractivity contribution >= 4 is 15.8 Å². The summed E-state index contributed by atoms with van der Waals surface area (Å²) in [6.45, 7) is 2.12. The molecule has 0 radical (unpaired) electrons. The van der Waals surface area contributed by atoms with Gasteiger partial charge in [0.05, 0.1) is 0 Å². The second-order valence-electron chi connectivity index (χ2n) is 4.61. The third kappa shape index (κ3) is 2.69. The van der Waals surface area contributed by atoms with Gasteiger partial charge in [-0.05, 0) is 18.6 Å². The standard InChI is InChI=1S/C13H16FNO3S/c1-2-10-9-15(8-7-12(10)16)19(17,18)13-6-4-3-5-11(13)14/h3-6,10H,2,7-9H2,1H3. The molecule has 1 aromatic carbocycles. The molecule has 0 saturated carbocycles. The lowest BCUT2D eigenvalue weighted by Crippen LogP contribution is -2.44. The Balaban J connectivity index is 2.31. The van der Waals surface area contributed by atoms with Crippen molar-refractivity contribution in [2.24, 2.45) is 5.92 Å². The number of halogens is 1. The summed E-state index contributed by atoms with van der Waals surface area (Å²) in [7, 11) is -3.85. The van der Waals surface area contributed by atoms with Crippen LogP contribution in [0.5, 0.6) is 0 Å². The maximum absolute atomic E-state index is 13.6. The first-order chi connectivity index (χ1) is 8.96. The van der Waals surface area contributed by atoms with E-state index in [0.29, 0.717) is 6.42 Å². The fraction of sp³-hybridized carbons (Fsp3) is 0.462. The number of Topliss-reactive ketones (excluding diaryl/α,β-unsaturated/α-hetero) is 1. The lowest BCUT2D eigenvalue weighted by atomic mass is 9.96. The van der Waals surface area contributed by atoms with Crippen LogP contribution in [0.15, 0.2) is 29.2 Å². The third-order valence-corrected chi connectivity index (χ3v) is 5.33. The quantitative estimate of drug-likeness (QED) is 0.851. The Morgan fingerprint density at radius 2 is 2.05 bits per heavy atom. The molecule has 1 heterocycles. The van der Waals surface area contributed by atoms with Crippen LogP contribution >= 0.6 is 0 Å². The molecule has 0 aromatic heterocycles. The molecule has 1 saturated heterocycles. The van der Waals surface area contributed by atoms with E-state index in [4.69, 9.17) is 0 Å². The lowest BCUT2D eigenvalue weighted by Gasteiger charge is -2.30. The molecule has 1 aliphatic heterocycles. The van der Waals surface area contributed by atoms with Gasteiger partial charge in [-0.2, -0.15) is 4.31 Å². The molecule has 0 amide bonds. The number of hydrogen-bond acceptors (Lipinski definition) is 3. The van der Waals surface area contributed by atoms with Crippen molar-refractivity contribution in [3.8, 4) is 0 Å². The van der Waals surface area contributed by atoms with E-state index in [1.54, 1.807) is 0 Å². The van der Waals surface area contributed by atoms with Crippen molar-refractivity contribution in [2.75, 3.05) is 13.1 Å². The Labute approximate surface area is 112 Å². The first-order valence-corrected chi connectivity index (χ1v) is 7.68. The number of rotatable bonds is 3. The summed E-state index contributed by atoms with van der Waals surface area (Å²) < 4.78 is 39.5. The highest BCUT2D eigenvalue weighted by atomic mass is 32.2. The van der Waals surface area contributed by atoms with Gasteiger partial charge in [0, 0.05) is 25.4 Å². The molecule has 6 heteroatoms. The number of nitrogens with zero attached hydrogens (tertiary/aromatic N) is 1. The van der Waals surface area contributed by atoms with Gasteiger partial charge in [-0.1, -0.05) is 19.1 Å². The Kier molecular flexibility index (Phi) is 4.01. The third-order valence-electron chi connectivity index (χ3n) is 3.43. The van der Waals surface area contributed by atoms with Crippen LogP contribution in [-0.2, 0) is 14.8 Å². The Hall–Kier alpha value is -1.27. The average Bonchev–Trinajstić information content (AvgIpc) is 2.39. The van der Waals surface area contributed by atoms with Gasteiger partial charge in [0.1, 0.15) is 16.5 Å². The molecular formula is C13H16FNO3S. The van der Waals surface area contributed by atoms with Gasteiger partial charge in [0.2, 0.25) is 10.0 Å². The van der Waals surface area contributed by atoms with E-state index >= 15 is 0 Å². The van der Waals surface area contributed by atoms with E-state index < -0.39 is 15.8 Å². The molecule has 2 rings (SSSR count). The van der Waals surface area contributed by atoms with Crippen LogP contribution < -0.4 is 0 Å². The van der Waals surface area contributed by atoms with E-state index in [0.717, 1.165) is 6.07 Å². The van der Waals surface area contributed by atoms with E-state index in [2.05, 4.69) is 0 Å². The molecule has 104 valence electrons. The summed E-state index contributed by atoms with van der Waals surface area (Å²) in [5.74, 6) is -0.953. The van der Waals surface area contributed by atoms with Crippen LogP contribution in [0.2, 0.25) is 0 Å². The number of carbonyl (C=O) groups excluding carboxylic acids is 1. The van der Waals surface area contributed by atoms with Crippen LogP contribution in [0.4, 0.5) is 4.39 Å². The van der Waals surface area contributed by atoms with Crippen molar-refractivity contribution in [2.45, 2.75) is 24.7 Å². The van der Waals surface area contributed by atoms with Gasteiger partial charge in [0.15, 0.2) is 0 Å². The van der Waals surface area contributed by atoms with Crippen molar-refractivity contribution < 1.29 is 17.6 Å². The SMILES string of the molecule is CCC1CN(S(=O)(=O)c2ccccc2F)CCC1=O. The molecule has 0 aliphatic carbocycles. The van der Waals surface area contributed by atoms with Crippen molar-refractivity contribution in [3.05, 3.63) is 30.1 Å². The molecule has 1 aromatic rings. The summed E-state index contributed by atoms with van der Waals surface area (Å²) in [6.07, 6.45) is 0.800. The zero-order valence-corrected chi connectivity index (χ0v) is 11.5. The summed E-state index contributed by atoms with van der Waals surface area (Å²) in [5, 5.41) is 0. The fourth-order valence-electron chi connectivity index (χ4n) is 2.25. The second-order valence-corrected chi connectivity index (χ2v) is 6.52. The number of carbonyl (C=O) groups is 1. The molecular weight excluding hydrogens is 269 g/mol. The zero-order chi connectivity index (χ0) is 14.0. The predicted octanol–water partition coefficient (Wildman–Crippen LogP) is 1.82. The maximum Gasteiger partial charge on any atom is 0.246 e. The van der Waals surface area contributed by atoms with Crippen LogP contribution in [0.3, 0.4) is 0 Å². The summed E-state index contributed by atoms with van der Waals surface area (Å²) in [6, 6.07) is 5.31. The van der Waals surface area contributed by atoms with Gasteiger partial charge in [-0.3, -0.25) is 4.79 Å². The predicted molar refractivity (Wildman–Crippen MR) is 68.6 cm³/mol. The zero-order valence-electron chi connectivity index (χ0n) is 10.7. The number of benzene rings is 1. The second kappa shape index (κ2) is 5.38. The topological polar surface area (TPSA) is 54.5 Å². The van der Waals surface area contributed by atoms with Gasteiger partial charge >= 0.3 is 0 Å². The van der Waals surface area contributed by atoms with Gasteiger partial charge in [-0.25, -0.2) is 12.8 Å². The summed E-state index contributed by atoms with van der Waals surface area (Å²) in [4.78, 5) is 11.3. The molecule has 0 bridgehead atoms. The normalized spacial score (nSPS) is 21.6. The lowest BCUT2D eigenvalue weighted by molar-refractivity contribution is -0.125. The highest BCUT2D eigenvalue weighted by molar-refractivity contribution is 7.89. The van der Waals surface area contributed by atoms with Crippen molar-refractivity contribution in [1.82, 2.24) is 4.31 Å². The van der Waals surface area contributed by atoms with Crippen LogP contribution in [0.25, 0.3) is 0 Å². The van der Waals surface area contributed by atoms with Crippen LogP contribution in [-0.4, -0.2) is 31.6 Å². The highest BCUT2D eigenvalue weighted by Crippen LogP contribution is 2.24. The minimum absolute atomic E-state index is 0.0856. The Bertz CT molecular complexity index is 585. The molecule has 1 atom stereocenters. The van der Waals surface area contributed by atoms with Crippen molar-refractivity contribution in [3.63, 3.8) is 0 Å². The molecule has 19 heavy (non-hydrogen) atoms. The number of piperidine rings is 1. The summed E-state index contributed by atoms with van der Waals surface area (Å²) in [5.41, 5.74) is 0. The number of ketones is 1.